The van der Waals surface area contributed by atoms with E-state index >= 15 is 0 Å². The molecule has 7 nitrogen and oxygen atoms in total. The smallest absolute Gasteiger partial charge is 0.444 e. The highest BCUT2D eigenvalue weighted by Crippen LogP contribution is 2.18. The van der Waals surface area contributed by atoms with Gasteiger partial charge in [-0.05, 0) is 118 Å². The van der Waals surface area contributed by atoms with E-state index in [-0.39, 0.29) is 12.7 Å². The third-order valence-corrected chi connectivity index (χ3v) is 9.57. The molecule has 0 saturated heterocycles. The highest BCUT2D eigenvalue weighted by molar-refractivity contribution is 5.67. The second kappa shape index (κ2) is 39.7. The van der Waals surface area contributed by atoms with Gasteiger partial charge in [0.1, 0.15) is 18.3 Å². The fraction of sp³-hybridized carbons (Fsp3) is 0.792. The van der Waals surface area contributed by atoms with Crippen molar-refractivity contribution in [3.8, 4) is 0 Å². The second-order valence-electron chi connectivity index (χ2n) is 16.3. The molecule has 0 fully saturated rings. The molecule has 0 aromatic heterocycles. The molecule has 0 radical (unpaired) electrons. The van der Waals surface area contributed by atoms with Crippen molar-refractivity contribution in [2.75, 3.05) is 33.3 Å². The lowest BCUT2D eigenvalue weighted by Crippen LogP contribution is -2.37. The number of amides is 1. The fourth-order valence-corrected chi connectivity index (χ4v) is 6.21. The average Bonchev–Trinajstić information content (AvgIpc) is 3.13. The number of alkyl carbamates (subject to hydrolysis) is 1. The molecule has 0 aromatic carbocycles. The van der Waals surface area contributed by atoms with E-state index in [1.54, 1.807) is 0 Å². The third-order valence-electron chi connectivity index (χ3n) is 9.57. The lowest BCUT2D eigenvalue weighted by molar-refractivity contribution is 0.0131. The van der Waals surface area contributed by atoms with Crippen LogP contribution < -0.4 is 5.32 Å². The summed E-state index contributed by atoms with van der Waals surface area (Å²) in [5.41, 5.74) is -0.521. The van der Waals surface area contributed by atoms with E-state index in [0.29, 0.717) is 19.6 Å². The topological polar surface area (TPSA) is 77.1 Å². The number of ether oxygens (including phenoxy) is 3. The van der Waals surface area contributed by atoms with Crippen LogP contribution in [0.5, 0.6) is 0 Å². The summed E-state index contributed by atoms with van der Waals surface area (Å²) in [5.74, 6) is 0. The Morgan fingerprint density at radius 2 is 1.00 bits per heavy atom. The summed E-state index contributed by atoms with van der Waals surface area (Å²) in [6, 6.07) is 0. The van der Waals surface area contributed by atoms with Crippen LogP contribution in [-0.4, -0.2) is 62.1 Å². The molecular formula is C48H88N2O5. The van der Waals surface area contributed by atoms with Crippen LogP contribution in [0.3, 0.4) is 0 Å². The van der Waals surface area contributed by atoms with Gasteiger partial charge in [0.05, 0.1) is 0 Å². The zero-order valence-corrected chi connectivity index (χ0v) is 36.9. The molecule has 7 heteroatoms. The lowest BCUT2D eigenvalue weighted by Gasteiger charge is -2.21. The first-order chi connectivity index (χ1) is 26.7. The van der Waals surface area contributed by atoms with Crippen LogP contribution >= 0.6 is 0 Å². The largest absolute Gasteiger partial charge is 0.508 e. The van der Waals surface area contributed by atoms with Gasteiger partial charge in [0.15, 0.2) is 0 Å². The minimum absolute atomic E-state index is 0.0834. The summed E-state index contributed by atoms with van der Waals surface area (Å²) in [4.78, 5) is 26.5. The molecule has 0 rings (SSSR count). The maximum atomic E-state index is 12.7. The highest BCUT2D eigenvalue weighted by atomic mass is 16.7. The Hall–Kier alpha value is -2.54. The minimum atomic E-state index is -0.564. The van der Waals surface area contributed by atoms with Gasteiger partial charge in [0.2, 0.25) is 0 Å². The van der Waals surface area contributed by atoms with Gasteiger partial charge in [-0.2, -0.15) is 0 Å². The molecule has 0 heterocycles. The number of rotatable bonds is 37. The number of nitrogens with one attached hydrogen (secondary N) is 1. The molecule has 0 spiro atoms. The Morgan fingerprint density at radius 1 is 0.582 bits per heavy atom. The molecular weight excluding hydrogens is 685 g/mol. The molecule has 1 N–H and O–H groups in total. The lowest BCUT2D eigenvalue weighted by atomic mass is 10.0. The van der Waals surface area contributed by atoms with Gasteiger partial charge >= 0.3 is 12.2 Å². The first-order valence-corrected chi connectivity index (χ1v) is 22.8. The van der Waals surface area contributed by atoms with Crippen molar-refractivity contribution >= 4 is 12.2 Å². The number of unbranched alkanes of at least 4 members (excludes halogenated alkanes) is 18. The molecule has 0 unspecified atom stereocenters. The Kier molecular flexibility index (Phi) is 37.9. The summed E-state index contributed by atoms with van der Waals surface area (Å²) in [7, 11) is 1.94. The van der Waals surface area contributed by atoms with Crippen molar-refractivity contribution in [3.05, 3.63) is 48.6 Å². The Morgan fingerprint density at radius 3 is 1.44 bits per heavy atom. The summed E-state index contributed by atoms with van der Waals surface area (Å²) in [5, 5.41) is 2.76. The average molecular weight is 773 g/mol. The van der Waals surface area contributed by atoms with Crippen molar-refractivity contribution in [1.82, 2.24) is 10.2 Å². The van der Waals surface area contributed by atoms with Crippen LogP contribution in [0.2, 0.25) is 0 Å². The summed E-state index contributed by atoms with van der Waals surface area (Å²) in [6.07, 6.45) is 48.7. The summed E-state index contributed by atoms with van der Waals surface area (Å²) < 4.78 is 16.6. The van der Waals surface area contributed by atoms with Gasteiger partial charge in [-0.1, -0.05) is 140 Å². The number of likely N-dealkylation sites (N-methyl/N-ethyl adjacent to an activating group) is 1. The molecule has 320 valence electrons. The Balaban J connectivity index is 4.37. The first-order valence-electron chi connectivity index (χ1n) is 22.8. The number of allylic oxidation sites excluding steroid dienone is 8. The van der Waals surface area contributed by atoms with Crippen LogP contribution in [0, 0.1) is 0 Å². The van der Waals surface area contributed by atoms with Crippen molar-refractivity contribution in [2.24, 2.45) is 0 Å². The van der Waals surface area contributed by atoms with Crippen LogP contribution in [0.4, 0.5) is 9.59 Å². The molecule has 0 atom stereocenters. The van der Waals surface area contributed by atoms with Crippen LogP contribution in [0.1, 0.15) is 202 Å². The maximum Gasteiger partial charge on any atom is 0.508 e. The van der Waals surface area contributed by atoms with E-state index in [0.717, 1.165) is 38.5 Å². The minimum Gasteiger partial charge on any atom is -0.444 e. The van der Waals surface area contributed by atoms with Gasteiger partial charge in [-0.25, -0.2) is 9.59 Å². The van der Waals surface area contributed by atoms with E-state index in [1.807, 2.05) is 32.7 Å². The number of hydrogen-bond donors (Lipinski definition) is 1. The first kappa shape index (κ1) is 52.5. The van der Waals surface area contributed by atoms with Crippen molar-refractivity contribution in [3.63, 3.8) is 0 Å². The summed E-state index contributed by atoms with van der Waals surface area (Å²) in [6.45, 7) is 11.9. The van der Waals surface area contributed by atoms with Gasteiger partial charge in [-0.3, -0.25) is 0 Å². The molecule has 0 saturated carbocycles. The van der Waals surface area contributed by atoms with Crippen LogP contribution in [0.15, 0.2) is 48.6 Å². The van der Waals surface area contributed by atoms with E-state index in [1.165, 1.54) is 128 Å². The molecule has 0 aliphatic heterocycles. The molecule has 0 aliphatic rings. The van der Waals surface area contributed by atoms with E-state index < -0.39 is 17.8 Å². The van der Waals surface area contributed by atoms with Gasteiger partial charge in [-0.15, -0.1) is 0 Å². The van der Waals surface area contributed by atoms with Crippen LogP contribution in [0.25, 0.3) is 0 Å². The predicted octanol–water partition coefficient (Wildman–Crippen LogP) is 14.4. The quantitative estimate of drug-likeness (QED) is 0.0385. The maximum absolute atomic E-state index is 12.7. The van der Waals surface area contributed by atoms with Crippen molar-refractivity contribution in [1.29, 1.82) is 0 Å². The molecule has 0 aliphatic carbocycles. The van der Waals surface area contributed by atoms with Crippen LogP contribution in [-0.2, 0) is 14.2 Å². The number of carbonyl (C=O) groups excluding carboxylic acids is 2. The standard InChI is InChI=1S/C48H88N2O5/c1-7-9-11-13-15-17-19-21-23-25-27-29-31-33-35-37-39-45(40-38-36-34-32-30-28-26-24-22-20-18-16-14-12-10-8-2)54-47(52)53-44-43-50(6)42-41-49-46(51)55-48(3,4)5/h15-18,21-24,45H,7-14,19-20,25-44H2,1-6H3,(H,49,51)/b17-15-,18-16-,23-21-,24-22-. The van der Waals surface area contributed by atoms with Gasteiger partial charge in [0.25, 0.3) is 0 Å². The second-order valence-corrected chi connectivity index (χ2v) is 16.3. The SMILES string of the molecule is CCCCC/C=C\C/C=C\CCCCCCCCC(CCCCCCCC/C=C\C/C=C\CCCCC)OC(=O)OCCN(C)CCNC(=O)OC(C)(C)C. The number of nitrogens with zero attached hydrogens (tertiary/aromatic N) is 1. The van der Waals surface area contributed by atoms with Gasteiger partial charge in [0, 0.05) is 19.6 Å². The summed E-state index contributed by atoms with van der Waals surface area (Å²) >= 11 is 0. The number of carbonyl (C=O) groups is 2. The molecule has 0 aromatic rings. The van der Waals surface area contributed by atoms with E-state index in [2.05, 4.69) is 67.8 Å². The highest BCUT2D eigenvalue weighted by Gasteiger charge is 2.17. The van der Waals surface area contributed by atoms with Crippen molar-refractivity contribution in [2.45, 2.75) is 213 Å². The van der Waals surface area contributed by atoms with E-state index in [9.17, 15) is 9.59 Å². The molecule has 0 bridgehead atoms. The Bertz CT molecular complexity index is 935. The zero-order chi connectivity index (χ0) is 40.5. The predicted molar refractivity (Wildman–Crippen MR) is 236 cm³/mol. The van der Waals surface area contributed by atoms with Gasteiger partial charge < -0.3 is 24.4 Å². The third kappa shape index (κ3) is 42.4. The molecule has 55 heavy (non-hydrogen) atoms. The zero-order valence-electron chi connectivity index (χ0n) is 36.9. The van der Waals surface area contributed by atoms with E-state index in [4.69, 9.17) is 14.2 Å². The molecule has 1 amide bonds. The fourth-order valence-electron chi connectivity index (χ4n) is 6.21. The number of hydrogen-bond acceptors (Lipinski definition) is 6. The normalized spacial score (nSPS) is 12.4. The monoisotopic (exact) mass is 773 g/mol. The van der Waals surface area contributed by atoms with Crippen molar-refractivity contribution < 1.29 is 23.8 Å². The Labute approximate surface area is 340 Å².